The van der Waals surface area contributed by atoms with Crippen LogP contribution in [0.2, 0.25) is 0 Å². The number of hydrogen-bond acceptors (Lipinski definition) is 1. The molecule has 2 fully saturated rings. The molecule has 2 aliphatic rings. The van der Waals surface area contributed by atoms with Gasteiger partial charge in [-0.2, -0.15) is 0 Å². The first kappa shape index (κ1) is 17.3. The highest BCUT2D eigenvalue weighted by molar-refractivity contribution is 5.04. The molecule has 1 N–H and O–H groups in total. The summed E-state index contributed by atoms with van der Waals surface area (Å²) >= 11 is 0. The van der Waals surface area contributed by atoms with Crippen molar-refractivity contribution in [1.29, 1.82) is 0 Å². The SMILES string of the molecule is CCCC(C)(C)C1CC[C@@]2(C)C(CCC2[C@H](C)CO)C1C. The molecule has 0 aromatic carbocycles. The second-order valence-corrected chi connectivity index (χ2v) is 9.20. The van der Waals surface area contributed by atoms with Crippen LogP contribution in [0.1, 0.15) is 80.1 Å². The van der Waals surface area contributed by atoms with Gasteiger partial charge in [0.2, 0.25) is 0 Å². The fourth-order valence-electron chi connectivity index (χ4n) is 6.53. The number of aliphatic hydroxyl groups is 1. The van der Waals surface area contributed by atoms with Crippen molar-refractivity contribution < 1.29 is 5.11 Å². The van der Waals surface area contributed by atoms with Crippen LogP contribution in [0.15, 0.2) is 0 Å². The van der Waals surface area contributed by atoms with E-state index >= 15 is 0 Å². The highest BCUT2D eigenvalue weighted by atomic mass is 16.3. The van der Waals surface area contributed by atoms with Crippen LogP contribution in [0.25, 0.3) is 0 Å². The van der Waals surface area contributed by atoms with Gasteiger partial charge < -0.3 is 5.11 Å². The molecule has 0 aliphatic heterocycles. The van der Waals surface area contributed by atoms with Gasteiger partial charge in [0.25, 0.3) is 0 Å². The van der Waals surface area contributed by atoms with Crippen molar-refractivity contribution in [3.05, 3.63) is 0 Å². The lowest BCUT2D eigenvalue weighted by molar-refractivity contribution is -0.0423. The van der Waals surface area contributed by atoms with Crippen LogP contribution in [0.5, 0.6) is 0 Å². The van der Waals surface area contributed by atoms with Gasteiger partial charge in [-0.1, -0.05) is 48.0 Å². The van der Waals surface area contributed by atoms with Crippen molar-refractivity contribution in [1.82, 2.24) is 0 Å². The Bertz CT molecular complexity index is 348. The first-order chi connectivity index (χ1) is 9.78. The van der Waals surface area contributed by atoms with Crippen molar-refractivity contribution >= 4 is 0 Å². The Balaban J connectivity index is 2.17. The Kier molecular flexibility index (Phi) is 5.13. The summed E-state index contributed by atoms with van der Waals surface area (Å²) in [5.41, 5.74) is 0.983. The molecule has 0 heterocycles. The topological polar surface area (TPSA) is 20.2 Å². The average molecular weight is 295 g/mol. The molecule has 0 aromatic rings. The summed E-state index contributed by atoms with van der Waals surface area (Å²) in [5.74, 6) is 3.84. The van der Waals surface area contributed by atoms with Gasteiger partial charge in [-0.15, -0.1) is 0 Å². The van der Waals surface area contributed by atoms with Gasteiger partial charge in [-0.3, -0.25) is 0 Å². The average Bonchev–Trinajstić information content (AvgIpc) is 2.76. The standard InChI is InChI=1S/C20H38O/c1-7-11-19(4,5)17-10-12-20(6)16(14(2)13-21)8-9-18(20)15(17)3/h14-18,21H,7-13H2,1-6H3/t14-,15?,16?,17?,18?,20-/m1/s1. The van der Waals surface area contributed by atoms with Gasteiger partial charge in [0.05, 0.1) is 0 Å². The second-order valence-electron chi connectivity index (χ2n) is 9.20. The Morgan fingerprint density at radius 2 is 1.90 bits per heavy atom. The zero-order chi connectivity index (χ0) is 15.8. The van der Waals surface area contributed by atoms with E-state index in [0.717, 1.165) is 23.7 Å². The van der Waals surface area contributed by atoms with E-state index in [1.54, 1.807) is 0 Å². The third-order valence-corrected chi connectivity index (χ3v) is 7.62. The molecule has 0 bridgehead atoms. The molecular weight excluding hydrogens is 256 g/mol. The van der Waals surface area contributed by atoms with Crippen LogP contribution in [0, 0.1) is 40.4 Å². The van der Waals surface area contributed by atoms with Gasteiger partial charge in [0.15, 0.2) is 0 Å². The third-order valence-electron chi connectivity index (χ3n) is 7.62. The number of rotatable bonds is 5. The molecule has 124 valence electrons. The van der Waals surface area contributed by atoms with E-state index in [0.29, 0.717) is 23.4 Å². The maximum absolute atomic E-state index is 9.62. The minimum Gasteiger partial charge on any atom is -0.396 e. The van der Waals surface area contributed by atoms with E-state index in [1.807, 2.05) is 0 Å². The van der Waals surface area contributed by atoms with Crippen LogP contribution in [-0.2, 0) is 0 Å². The van der Waals surface area contributed by atoms with Crippen LogP contribution in [0.4, 0.5) is 0 Å². The van der Waals surface area contributed by atoms with Crippen molar-refractivity contribution in [3.63, 3.8) is 0 Å². The maximum atomic E-state index is 9.62. The van der Waals surface area contributed by atoms with Crippen molar-refractivity contribution in [2.45, 2.75) is 80.1 Å². The summed E-state index contributed by atoms with van der Waals surface area (Å²) in [5, 5.41) is 9.62. The first-order valence-electron chi connectivity index (χ1n) is 9.38. The highest BCUT2D eigenvalue weighted by Gasteiger charge is 2.55. The van der Waals surface area contributed by atoms with Crippen molar-refractivity contribution in [3.8, 4) is 0 Å². The van der Waals surface area contributed by atoms with Crippen molar-refractivity contribution in [2.24, 2.45) is 40.4 Å². The predicted octanol–water partition coefficient (Wildman–Crippen LogP) is 5.52. The third kappa shape index (κ3) is 2.92. The minimum absolute atomic E-state index is 0.367. The van der Waals surface area contributed by atoms with Crippen LogP contribution in [0.3, 0.4) is 0 Å². The molecule has 0 aromatic heterocycles. The molecule has 21 heavy (non-hydrogen) atoms. The van der Waals surface area contributed by atoms with Crippen molar-refractivity contribution in [2.75, 3.05) is 6.61 Å². The van der Waals surface area contributed by atoms with E-state index < -0.39 is 0 Å². The van der Waals surface area contributed by atoms with Gasteiger partial charge in [-0.25, -0.2) is 0 Å². The molecule has 0 spiro atoms. The summed E-state index contributed by atoms with van der Waals surface area (Å²) in [7, 11) is 0. The van der Waals surface area contributed by atoms with Gasteiger partial charge >= 0.3 is 0 Å². The van der Waals surface area contributed by atoms with Gasteiger partial charge in [-0.05, 0) is 72.5 Å². The molecule has 2 rings (SSSR count). The second kappa shape index (κ2) is 6.22. The number of hydrogen-bond donors (Lipinski definition) is 1. The lowest BCUT2D eigenvalue weighted by Crippen LogP contribution is -2.46. The summed E-state index contributed by atoms with van der Waals surface area (Å²) in [6, 6.07) is 0. The quantitative estimate of drug-likeness (QED) is 0.708. The minimum atomic E-state index is 0.367. The normalized spacial score (nSPS) is 41.9. The Hall–Kier alpha value is -0.0400. The van der Waals surface area contributed by atoms with E-state index in [4.69, 9.17) is 0 Å². The molecule has 1 heteroatoms. The molecule has 6 atom stereocenters. The smallest absolute Gasteiger partial charge is 0.0459 e. The molecule has 0 saturated heterocycles. The van der Waals surface area contributed by atoms with E-state index in [1.165, 1.54) is 38.5 Å². The Morgan fingerprint density at radius 3 is 2.48 bits per heavy atom. The Labute approximate surface area is 132 Å². The molecule has 4 unspecified atom stereocenters. The van der Waals surface area contributed by atoms with Gasteiger partial charge in [0.1, 0.15) is 0 Å². The van der Waals surface area contributed by atoms with Crippen LogP contribution >= 0.6 is 0 Å². The molecule has 1 nitrogen and oxygen atoms in total. The van der Waals surface area contributed by atoms with E-state index in [2.05, 4.69) is 41.5 Å². The monoisotopic (exact) mass is 294 g/mol. The maximum Gasteiger partial charge on any atom is 0.0459 e. The lowest BCUT2D eigenvalue weighted by Gasteiger charge is -2.53. The number of aliphatic hydroxyl groups excluding tert-OH is 1. The van der Waals surface area contributed by atoms with E-state index in [9.17, 15) is 5.11 Å². The van der Waals surface area contributed by atoms with Gasteiger partial charge in [0, 0.05) is 6.61 Å². The molecule has 2 saturated carbocycles. The van der Waals surface area contributed by atoms with Crippen LogP contribution < -0.4 is 0 Å². The summed E-state index contributed by atoms with van der Waals surface area (Å²) in [6.45, 7) is 15.0. The zero-order valence-corrected chi connectivity index (χ0v) is 15.3. The Morgan fingerprint density at radius 1 is 1.24 bits per heavy atom. The fraction of sp³-hybridized carbons (Fsp3) is 1.00. The molecule has 2 aliphatic carbocycles. The summed E-state index contributed by atoms with van der Waals surface area (Å²) in [6.07, 6.45) is 8.19. The summed E-state index contributed by atoms with van der Waals surface area (Å²) < 4.78 is 0. The number of fused-ring (bicyclic) bond motifs is 1. The predicted molar refractivity (Wildman–Crippen MR) is 91.1 cm³/mol. The van der Waals surface area contributed by atoms with Crippen LogP contribution in [-0.4, -0.2) is 11.7 Å². The fourth-order valence-corrected chi connectivity index (χ4v) is 6.53. The first-order valence-corrected chi connectivity index (χ1v) is 9.38. The zero-order valence-electron chi connectivity index (χ0n) is 15.3. The molecular formula is C20H38O. The highest BCUT2D eigenvalue weighted by Crippen LogP contribution is 2.63. The lowest BCUT2D eigenvalue weighted by atomic mass is 9.52. The molecule has 0 radical (unpaired) electrons. The summed E-state index contributed by atoms with van der Waals surface area (Å²) in [4.78, 5) is 0. The molecule has 0 amide bonds. The largest absolute Gasteiger partial charge is 0.396 e. The van der Waals surface area contributed by atoms with E-state index in [-0.39, 0.29) is 0 Å².